The molecule has 0 spiro atoms. The molecule has 2 heterocycles. The van der Waals surface area contributed by atoms with Gasteiger partial charge in [0.2, 0.25) is 17.7 Å². The molecule has 26 heavy (non-hydrogen) atoms. The van der Waals surface area contributed by atoms with Crippen molar-refractivity contribution in [3.05, 3.63) is 0 Å². The van der Waals surface area contributed by atoms with E-state index in [0.717, 1.165) is 58.2 Å². The van der Waals surface area contributed by atoms with Crippen LogP contribution in [0.15, 0.2) is 0 Å². The lowest BCUT2D eigenvalue weighted by atomic mass is 10.0. The van der Waals surface area contributed by atoms with Crippen molar-refractivity contribution < 1.29 is 14.4 Å². The lowest BCUT2D eigenvalue weighted by Gasteiger charge is -2.41. The molecule has 0 aromatic carbocycles. The van der Waals surface area contributed by atoms with E-state index in [9.17, 15) is 14.4 Å². The topological polar surface area (TPSA) is 81.8 Å². The van der Waals surface area contributed by atoms with Gasteiger partial charge in [-0.1, -0.05) is 12.8 Å². The summed E-state index contributed by atoms with van der Waals surface area (Å²) in [6.07, 6.45) is 6.43. The molecule has 146 valence electrons. The van der Waals surface area contributed by atoms with Gasteiger partial charge in [-0.3, -0.25) is 14.4 Å². The Balaban J connectivity index is 1.47. The number of hydrogen-bond donors (Lipinski definition) is 2. The predicted octanol–water partition coefficient (Wildman–Crippen LogP) is 0.494. The Morgan fingerprint density at radius 2 is 1.96 bits per heavy atom. The average Bonchev–Trinajstić information content (AvgIpc) is 3.17. The highest BCUT2D eigenvalue weighted by molar-refractivity contribution is 5.82. The van der Waals surface area contributed by atoms with Crippen molar-refractivity contribution in [2.75, 3.05) is 32.7 Å². The van der Waals surface area contributed by atoms with E-state index in [2.05, 4.69) is 10.6 Å². The standard InChI is InChI=1S/C19H32N4O3/c1-14(21-19(26)15-5-2-3-6-15)11-17(24)22-9-4-7-16(13-22)23-10-8-20-12-18(23)25/h14-16,20H,2-13H2,1H3,(H,21,26). The summed E-state index contributed by atoms with van der Waals surface area (Å²) in [5.74, 6) is 0.445. The molecule has 7 heteroatoms. The normalized spacial score (nSPS) is 26.0. The van der Waals surface area contributed by atoms with Gasteiger partial charge in [0.05, 0.1) is 6.54 Å². The molecule has 3 amide bonds. The number of piperazine rings is 1. The molecular weight excluding hydrogens is 332 g/mol. The van der Waals surface area contributed by atoms with Gasteiger partial charge < -0.3 is 20.4 Å². The summed E-state index contributed by atoms with van der Waals surface area (Å²) in [6, 6.07) is -0.0116. The number of nitrogens with zero attached hydrogens (tertiary/aromatic N) is 2. The Labute approximate surface area is 155 Å². The van der Waals surface area contributed by atoms with Crippen LogP contribution in [0.5, 0.6) is 0 Å². The van der Waals surface area contributed by atoms with Gasteiger partial charge in [-0.2, -0.15) is 0 Å². The Hall–Kier alpha value is -1.63. The Morgan fingerprint density at radius 1 is 1.19 bits per heavy atom. The van der Waals surface area contributed by atoms with Gasteiger partial charge in [-0.15, -0.1) is 0 Å². The number of nitrogens with one attached hydrogen (secondary N) is 2. The van der Waals surface area contributed by atoms with Gasteiger partial charge in [-0.25, -0.2) is 0 Å². The zero-order valence-corrected chi connectivity index (χ0v) is 15.8. The van der Waals surface area contributed by atoms with E-state index in [-0.39, 0.29) is 35.7 Å². The number of hydrogen-bond acceptors (Lipinski definition) is 4. The van der Waals surface area contributed by atoms with Crippen molar-refractivity contribution in [1.29, 1.82) is 0 Å². The maximum absolute atomic E-state index is 12.7. The molecule has 3 fully saturated rings. The summed E-state index contributed by atoms with van der Waals surface area (Å²) in [4.78, 5) is 40.8. The fraction of sp³-hybridized carbons (Fsp3) is 0.842. The van der Waals surface area contributed by atoms with Gasteiger partial charge >= 0.3 is 0 Å². The van der Waals surface area contributed by atoms with Gasteiger partial charge in [0.1, 0.15) is 0 Å². The molecule has 0 bridgehead atoms. The van der Waals surface area contributed by atoms with Crippen LogP contribution >= 0.6 is 0 Å². The van der Waals surface area contributed by atoms with E-state index in [1.54, 1.807) is 0 Å². The molecule has 2 atom stereocenters. The summed E-state index contributed by atoms with van der Waals surface area (Å²) in [6.45, 7) is 5.22. The second kappa shape index (κ2) is 8.84. The molecule has 2 N–H and O–H groups in total. The molecule has 3 rings (SSSR count). The molecule has 3 aliphatic rings. The first-order valence-corrected chi connectivity index (χ1v) is 10.1. The molecule has 2 unspecified atom stereocenters. The van der Waals surface area contributed by atoms with Crippen LogP contribution in [-0.2, 0) is 14.4 Å². The van der Waals surface area contributed by atoms with Crippen LogP contribution in [-0.4, -0.2) is 72.3 Å². The zero-order chi connectivity index (χ0) is 18.5. The van der Waals surface area contributed by atoms with Crippen molar-refractivity contribution in [1.82, 2.24) is 20.4 Å². The lowest BCUT2D eigenvalue weighted by molar-refractivity contribution is -0.140. The van der Waals surface area contributed by atoms with Gasteiger partial charge in [0.15, 0.2) is 0 Å². The van der Waals surface area contributed by atoms with Crippen LogP contribution in [0.1, 0.15) is 51.9 Å². The Bertz CT molecular complexity index is 533. The van der Waals surface area contributed by atoms with Crippen LogP contribution in [0.3, 0.4) is 0 Å². The number of piperidine rings is 1. The first-order valence-electron chi connectivity index (χ1n) is 10.1. The van der Waals surface area contributed by atoms with Crippen molar-refractivity contribution in [2.24, 2.45) is 5.92 Å². The van der Waals surface area contributed by atoms with Crippen molar-refractivity contribution in [2.45, 2.75) is 64.0 Å². The molecule has 0 aromatic rings. The highest BCUT2D eigenvalue weighted by Gasteiger charge is 2.32. The minimum Gasteiger partial charge on any atom is -0.353 e. The number of rotatable bonds is 5. The van der Waals surface area contributed by atoms with Gasteiger partial charge in [-0.05, 0) is 32.6 Å². The van der Waals surface area contributed by atoms with Crippen LogP contribution in [0, 0.1) is 5.92 Å². The molecule has 2 saturated heterocycles. The third kappa shape index (κ3) is 4.75. The first kappa shape index (κ1) is 19.1. The van der Waals surface area contributed by atoms with E-state index in [1.807, 2.05) is 16.7 Å². The molecule has 1 aliphatic carbocycles. The van der Waals surface area contributed by atoms with E-state index >= 15 is 0 Å². The second-order valence-electron chi connectivity index (χ2n) is 7.99. The van der Waals surface area contributed by atoms with E-state index in [0.29, 0.717) is 19.5 Å². The third-order valence-corrected chi connectivity index (χ3v) is 5.91. The summed E-state index contributed by atoms with van der Waals surface area (Å²) in [5, 5.41) is 6.11. The number of carbonyl (C=O) groups is 3. The maximum atomic E-state index is 12.7. The Kier molecular flexibility index (Phi) is 6.51. The molecule has 7 nitrogen and oxygen atoms in total. The first-order chi connectivity index (χ1) is 12.5. The molecular formula is C19H32N4O3. The predicted molar refractivity (Wildman–Crippen MR) is 98.4 cm³/mol. The van der Waals surface area contributed by atoms with Crippen LogP contribution in [0.2, 0.25) is 0 Å². The zero-order valence-electron chi connectivity index (χ0n) is 15.8. The van der Waals surface area contributed by atoms with E-state index in [1.165, 1.54) is 0 Å². The molecule has 0 radical (unpaired) electrons. The summed E-state index contributed by atoms with van der Waals surface area (Å²) in [7, 11) is 0. The van der Waals surface area contributed by atoms with Gasteiger partial charge in [0, 0.05) is 50.6 Å². The number of carbonyl (C=O) groups excluding carboxylic acids is 3. The SMILES string of the molecule is CC(CC(=O)N1CCCC(N2CCNCC2=O)C1)NC(=O)C1CCCC1. The van der Waals surface area contributed by atoms with Crippen LogP contribution in [0.25, 0.3) is 0 Å². The van der Waals surface area contributed by atoms with Crippen molar-refractivity contribution >= 4 is 17.7 Å². The van der Waals surface area contributed by atoms with Crippen molar-refractivity contribution in [3.8, 4) is 0 Å². The van der Waals surface area contributed by atoms with E-state index < -0.39 is 0 Å². The van der Waals surface area contributed by atoms with Gasteiger partial charge in [0.25, 0.3) is 0 Å². The number of amides is 3. The largest absolute Gasteiger partial charge is 0.353 e. The molecule has 1 saturated carbocycles. The smallest absolute Gasteiger partial charge is 0.236 e. The summed E-state index contributed by atoms with van der Waals surface area (Å²) >= 11 is 0. The van der Waals surface area contributed by atoms with Crippen molar-refractivity contribution in [3.63, 3.8) is 0 Å². The fourth-order valence-electron chi connectivity index (χ4n) is 4.43. The van der Waals surface area contributed by atoms with Crippen LogP contribution < -0.4 is 10.6 Å². The number of likely N-dealkylation sites (tertiary alicyclic amines) is 1. The quantitative estimate of drug-likeness (QED) is 0.744. The fourth-order valence-corrected chi connectivity index (χ4v) is 4.43. The second-order valence-corrected chi connectivity index (χ2v) is 7.99. The summed E-state index contributed by atoms with van der Waals surface area (Å²) < 4.78 is 0. The average molecular weight is 364 g/mol. The molecule has 0 aromatic heterocycles. The highest BCUT2D eigenvalue weighted by atomic mass is 16.2. The maximum Gasteiger partial charge on any atom is 0.236 e. The van der Waals surface area contributed by atoms with Crippen LogP contribution in [0.4, 0.5) is 0 Å². The minimum atomic E-state index is -0.142. The highest BCUT2D eigenvalue weighted by Crippen LogP contribution is 2.25. The summed E-state index contributed by atoms with van der Waals surface area (Å²) in [5.41, 5.74) is 0. The lowest BCUT2D eigenvalue weighted by Crippen LogP contribution is -2.57. The monoisotopic (exact) mass is 364 g/mol. The third-order valence-electron chi connectivity index (χ3n) is 5.91. The molecule has 2 aliphatic heterocycles. The van der Waals surface area contributed by atoms with E-state index in [4.69, 9.17) is 0 Å². The Morgan fingerprint density at radius 3 is 2.69 bits per heavy atom. The minimum absolute atomic E-state index is 0.0801.